The largest absolute Gasteiger partial charge is 0.459 e. The van der Waals surface area contributed by atoms with Crippen molar-refractivity contribution in [3.8, 4) is 0 Å². The molecule has 4 heteroatoms. The van der Waals surface area contributed by atoms with Gasteiger partial charge in [0.2, 0.25) is 0 Å². The minimum Gasteiger partial charge on any atom is -0.459 e. The Balaban J connectivity index is 1.70. The molecular formula is C17H20O4. The summed E-state index contributed by atoms with van der Waals surface area (Å²) < 4.78 is 11.4. The quantitative estimate of drug-likeness (QED) is 0.684. The molecule has 1 aromatic carbocycles. The number of rotatable bonds is 3. The van der Waals surface area contributed by atoms with E-state index in [1.807, 2.05) is 32.1 Å². The average molecular weight is 288 g/mol. The summed E-state index contributed by atoms with van der Waals surface area (Å²) in [5.74, 6) is -0.421. The van der Waals surface area contributed by atoms with E-state index >= 15 is 0 Å². The molecule has 1 saturated heterocycles. The first-order valence-corrected chi connectivity index (χ1v) is 7.35. The van der Waals surface area contributed by atoms with Crippen LogP contribution in [-0.4, -0.2) is 29.4 Å². The van der Waals surface area contributed by atoms with Gasteiger partial charge in [-0.05, 0) is 5.56 Å². The minimum absolute atomic E-state index is 0.00197. The highest BCUT2D eigenvalue weighted by Crippen LogP contribution is 2.37. The molecule has 6 atom stereocenters. The predicted molar refractivity (Wildman–Crippen MR) is 77.4 cm³/mol. The molecule has 2 aliphatic rings. The third-order valence-electron chi connectivity index (χ3n) is 4.47. The van der Waals surface area contributed by atoms with E-state index < -0.39 is 12.1 Å². The Morgan fingerprint density at radius 1 is 1.14 bits per heavy atom. The zero-order valence-electron chi connectivity index (χ0n) is 12.2. The van der Waals surface area contributed by atoms with E-state index in [0.29, 0.717) is 5.56 Å². The van der Waals surface area contributed by atoms with Gasteiger partial charge >= 0.3 is 5.97 Å². The zero-order valence-corrected chi connectivity index (χ0v) is 12.2. The summed E-state index contributed by atoms with van der Waals surface area (Å²) in [5.41, 5.74) is 0.552. The van der Waals surface area contributed by atoms with Crippen LogP contribution < -0.4 is 0 Å². The summed E-state index contributed by atoms with van der Waals surface area (Å²) in [4.78, 5) is 12.2. The molecule has 2 heterocycles. The van der Waals surface area contributed by atoms with Gasteiger partial charge in [0.05, 0.1) is 12.2 Å². The van der Waals surface area contributed by atoms with Gasteiger partial charge in [0.15, 0.2) is 6.10 Å². The zero-order chi connectivity index (χ0) is 15.0. The van der Waals surface area contributed by atoms with Crippen molar-refractivity contribution < 1.29 is 19.4 Å². The number of aliphatic hydroxyl groups is 1. The van der Waals surface area contributed by atoms with E-state index in [1.54, 1.807) is 24.3 Å². The standard InChI is InChI=1S/C17H20O4/c1-10-13-8-9-14(20-13)11(2)16(10)21-17(19)15(18)12-6-4-3-5-7-12/h3-11,13-16,18H,1-2H3/t10-,11+,13+,14-,15?,16?. The number of esters is 1. The Kier molecular flexibility index (Phi) is 3.83. The smallest absolute Gasteiger partial charge is 0.339 e. The Morgan fingerprint density at radius 3 is 2.29 bits per heavy atom. The van der Waals surface area contributed by atoms with Gasteiger partial charge in [-0.2, -0.15) is 0 Å². The van der Waals surface area contributed by atoms with Crippen molar-refractivity contribution in [1.29, 1.82) is 0 Å². The van der Waals surface area contributed by atoms with Crippen molar-refractivity contribution in [1.82, 2.24) is 0 Å². The summed E-state index contributed by atoms with van der Waals surface area (Å²) in [6.45, 7) is 4.03. The topological polar surface area (TPSA) is 55.8 Å². The lowest BCUT2D eigenvalue weighted by molar-refractivity contribution is -0.182. The van der Waals surface area contributed by atoms with Gasteiger partial charge in [-0.15, -0.1) is 0 Å². The van der Waals surface area contributed by atoms with Crippen LogP contribution in [0.1, 0.15) is 25.5 Å². The van der Waals surface area contributed by atoms with Crippen LogP contribution in [0.5, 0.6) is 0 Å². The number of aliphatic hydroxyl groups excluding tert-OH is 1. The van der Waals surface area contributed by atoms with E-state index in [0.717, 1.165) is 0 Å². The summed E-state index contributed by atoms with van der Waals surface area (Å²) in [6.07, 6.45) is 2.59. The Morgan fingerprint density at radius 2 is 1.71 bits per heavy atom. The highest BCUT2D eigenvalue weighted by Gasteiger charge is 2.45. The van der Waals surface area contributed by atoms with E-state index in [4.69, 9.17) is 9.47 Å². The molecule has 1 aromatic rings. The summed E-state index contributed by atoms with van der Waals surface area (Å²) in [7, 11) is 0. The van der Waals surface area contributed by atoms with Crippen LogP contribution in [-0.2, 0) is 14.3 Å². The fourth-order valence-electron chi connectivity index (χ4n) is 3.13. The normalized spacial score (nSPS) is 35.5. The number of carbonyl (C=O) groups excluding carboxylic acids is 1. The summed E-state index contributed by atoms with van der Waals surface area (Å²) in [6, 6.07) is 8.85. The van der Waals surface area contributed by atoms with Crippen molar-refractivity contribution >= 4 is 5.97 Å². The maximum atomic E-state index is 12.2. The van der Waals surface area contributed by atoms with Crippen molar-refractivity contribution in [2.75, 3.05) is 0 Å². The van der Waals surface area contributed by atoms with Gasteiger partial charge in [-0.3, -0.25) is 0 Å². The molecule has 0 spiro atoms. The molecule has 112 valence electrons. The fourth-order valence-corrected chi connectivity index (χ4v) is 3.13. The summed E-state index contributed by atoms with van der Waals surface area (Å²) >= 11 is 0. The molecule has 0 amide bonds. The molecule has 0 aliphatic carbocycles. The lowest BCUT2D eigenvalue weighted by Crippen LogP contribution is -2.47. The number of hydrogen-bond acceptors (Lipinski definition) is 4. The van der Waals surface area contributed by atoms with Gasteiger partial charge in [0.25, 0.3) is 0 Å². The molecule has 3 rings (SSSR count). The fraction of sp³-hybridized carbons (Fsp3) is 0.471. The minimum atomic E-state index is -1.24. The van der Waals surface area contributed by atoms with Crippen LogP contribution >= 0.6 is 0 Å². The number of ether oxygens (including phenoxy) is 2. The first-order chi connectivity index (χ1) is 10.1. The number of fused-ring (bicyclic) bond motifs is 2. The Hall–Kier alpha value is -1.65. The lowest BCUT2D eigenvalue weighted by Gasteiger charge is -2.39. The molecule has 1 fully saturated rings. The molecule has 0 radical (unpaired) electrons. The predicted octanol–water partition coefficient (Wildman–Crippen LogP) is 2.24. The number of benzene rings is 1. The molecule has 21 heavy (non-hydrogen) atoms. The first kappa shape index (κ1) is 14.3. The Labute approximate surface area is 124 Å². The van der Waals surface area contributed by atoms with Crippen molar-refractivity contribution in [2.45, 2.75) is 38.3 Å². The third-order valence-corrected chi connectivity index (χ3v) is 4.47. The number of hydrogen-bond donors (Lipinski definition) is 1. The second-order valence-corrected chi connectivity index (χ2v) is 5.88. The van der Waals surface area contributed by atoms with E-state index in [-0.39, 0.29) is 30.1 Å². The van der Waals surface area contributed by atoms with Crippen LogP contribution in [0.25, 0.3) is 0 Å². The molecule has 2 unspecified atom stereocenters. The molecule has 1 N–H and O–H groups in total. The van der Waals surface area contributed by atoms with Crippen LogP contribution in [0.3, 0.4) is 0 Å². The second kappa shape index (κ2) is 5.62. The molecule has 0 saturated carbocycles. The molecular weight excluding hydrogens is 268 g/mol. The van der Waals surface area contributed by atoms with E-state index in [2.05, 4.69) is 0 Å². The highest BCUT2D eigenvalue weighted by atomic mass is 16.6. The molecule has 4 nitrogen and oxygen atoms in total. The maximum Gasteiger partial charge on any atom is 0.339 e. The third kappa shape index (κ3) is 2.61. The molecule has 2 bridgehead atoms. The van der Waals surface area contributed by atoms with Gasteiger partial charge < -0.3 is 14.6 Å². The van der Waals surface area contributed by atoms with Crippen LogP contribution in [0.2, 0.25) is 0 Å². The highest BCUT2D eigenvalue weighted by molar-refractivity contribution is 5.76. The lowest BCUT2D eigenvalue weighted by atomic mass is 9.86. The molecule has 2 aliphatic heterocycles. The van der Waals surface area contributed by atoms with Crippen molar-refractivity contribution in [3.63, 3.8) is 0 Å². The van der Waals surface area contributed by atoms with Gasteiger partial charge in [0.1, 0.15) is 6.10 Å². The van der Waals surface area contributed by atoms with Crippen LogP contribution in [0.4, 0.5) is 0 Å². The van der Waals surface area contributed by atoms with Crippen molar-refractivity contribution in [2.24, 2.45) is 11.8 Å². The summed E-state index contributed by atoms with van der Waals surface area (Å²) in [5, 5.41) is 10.1. The van der Waals surface area contributed by atoms with E-state index in [1.165, 1.54) is 0 Å². The first-order valence-electron chi connectivity index (χ1n) is 7.35. The second-order valence-electron chi connectivity index (χ2n) is 5.88. The van der Waals surface area contributed by atoms with E-state index in [9.17, 15) is 9.90 Å². The van der Waals surface area contributed by atoms with Gasteiger partial charge in [-0.1, -0.05) is 56.3 Å². The number of carbonyl (C=O) groups is 1. The van der Waals surface area contributed by atoms with Crippen molar-refractivity contribution in [3.05, 3.63) is 48.0 Å². The van der Waals surface area contributed by atoms with Crippen LogP contribution in [0.15, 0.2) is 42.5 Å². The molecule has 0 aromatic heterocycles. The monoisotopic (exact) mass is 288 g/mol. The SMILES string of the molecule is C[C@@H]1C(OC(=O)C(O)c2ccccc2)[C@H](C)[C@@H]2C=C[C@H]1O2. The van der Waals surface area contributed by atoms with Crippen LogP contribution in [0, 0.1) is 11.8 Å². The van der Waals surface area contributed by atoms with Gasteiger partial charge in [0, 0.05) is 11.8 Å². The average Bonchev–Trinajstić information content (AvgIpc) is 2.97. The maximum absolute atomic E-state index is 12.2. The Bertz CT molecular complexity index is 521. The van der Waals surface area contributed by atoms with Gasteiger partial charge in [-0.25, -0.2) is 4.79 Å².